The number of imidazole rings is 1. The molecule has 0 aliphatic heterocycles. The van der Waals surface area contributed by atoms with Gasteiger partial charge < -0.3 is 10.5 Å². The Morgan fingerprint density at radius 2 is 2.05 bits per heavy atom. The molecule has 3 aromatic rings. The topological polar surface area (TPSA) is 78.3 Å². The molecular formula is C13H13N5O. The Morgan fingerprint density at radius 3 is 2.79 bits per heavy atom. The number of nitrogens with zero attached hydrogens (tertiary/aromatic N) is 4. The zero-order chi connectivity index (χ0) is 13.4. The molecule has 19 heavy (non-hydrogen) atoms. The van der Waals surface area contributed by atoms with Crippen molar-refractivity contribution in [2.24, 2.45) is 0 Å². The highest BCUT2D eigenvalue weighted by atomic mass is 16.5. The van der Waals surface area contributed by atoms with Crippen LogP contribution in [0.25, 0.3) is 17.0 Å². The molecule has 0 saturated carbocycles. The van der Waals surface area contributed by atoms with Crippen molar-refractivity contribution in [3.05, 3.63) is 36.3 Å². The van der Waals surface area contributed by atoms with Crippen molar-refractivity contribution in [2.75, 3.05) is 12.8 Å². The van der Waals surface area contributed by atoms with Crippen molar-refractivity contribution in [1.29, 1.82) is 0 Å². The number of anilines is 1. The lowest BCUT2D eigenvalue weighted by atomic mass is 10.2. The number of nitrogens with two attached hydrogens (primary N) is 1. The van der Waals surface area contributed by atoms with Crippen molar-refractivity contribution >= 4 is 11.6 Å². The first-order valence-corrected chi connectivity index (χ1v) is 5.80. The second-order valence-electron chi connectivity index (χ2n) is 4.14. The van der Waals surface area contributed by atoms with Gasteiger partial charge in [-0.2, -0.15) is 0 Å². The number of hydrogen-bond acceptors (Lipinski definition) is 5. The lowest BCUT2D eigenvalue weighted by molar-refractivity contribution is 0.412. The molecule has 6 nitrogen and oxygen atoms in total. The molecule has 96 valence electrons. The SMILES string of the molecule is COc1ccc2nc(-c3ccnc(N)n3)c(C)n2c1. The molecule has 3 rings (SSSR count). The van der Waals surface area contributed by atoms with Crippen molar-refractivity contribution < 1.29 is 4.74 Å². The summed E-state index contributed by atoms with van der Waals surface area (Å²) < 4.78 is 7.18. The summed E-state index contributed by atoms with van der Waals surface area (Å²) in [6, 6.07) is 5.57. The van der Waals surface area contributed by atoms with Crippen LogP contribution in [0.2, 0.25) is 0 Å². The van der Waals surface area contributed by atoms with E-state index in [9.17, 15) is 0 Å². The van der Waals surface area contributed by atoms with Gasteiger partial charge in [0, 0.05) is 11.9 Å². The monoisotopic (exact) mass is 255 g/mol. The highest BCUT2D eigenvalue weighted by Crippen LogP contribution is 2.24. The minimum atomic E-state index is 0.242. The third-order valence-electron chi connectivity index (χ3n) is 2.98. The van der Waals surface area contributed by atoms with Gasteiger partial charge in [-0.25, -0.2) is 15.0 Å². The zero-order valence-electron chi connectivity index (χ0n) is 10.7. The summed E-state index contributed by atoms with van der Waals surface area (Å²) in [5.74, 6) is 1.02. The van der Waals surface area contributed by atoms with Gasteiger partial charge in [-0.15, -0.1) is 0 Å². The Labute approximate surface area is 109 Å². The summed E-state index contributed by atoms with van der Waals surface area (Å²) in [6.07, 6.45) is 3.52. The van der Waals surface area contributed by atoms with E-state index in [1.807, 2.05) is 29.7 Å². The molecule has 0 saturated heterocycles. The maximum absolute atomic E-state index is 5.61. The van der Waals surface area contributed by atoms with Crippen molar-refractivity contribution in [2.45, 2.75) is 6.92 Å². The molecule has 0 aliphatic rings. The molecule has 0 unspecified atom stereocenters. The van der Waals surface area contributed by atoms with Gasteiger partial charge in [0.1, 0.15) is 17.1 Å². The van der Waals surface area contributed by atoms with Crippen molar-refractivity contribution in [3.63, 3.8) is 0 Å². The molecule has 0 aromatic carbocycles. The quantitative estimate of drug-likeness (QED) is 0.753. The van der Waals surface area contributed by atoms with Crippen molar-refractivity contribution in [1.82, 2.24) is 19.4 Å². The first kappa shape index (κ1) is 11.5. The standard InChI is InChI=1S/C13H13N5O/c1-8-12(10-5-6-15-13(14)16-10)17-11-4-3-9(19-2)7-18(8)11/h3-7H,1-2H3,(H2,14,15,16). The normalized spacial score (nSPS) is 10.8. The number of fused-ring (bicyclic) bond motifs is 1. The first-order chi connectivity index (χ1) is 9.19. The van der Waals surface area contributed by atoms with Crippen LogP contribution in [0.1, 0.15) is 5.69 Å². The fourth-order valence-electron chi connectivity index (χ4n) is 2.01. The van der Waals surface area contributed by atoms with Gasteiger partial charge in [-0.3, -0.25) is 4.40 Å². The van der Waals surface area contributed by atoms with Crippen LogP contribution in [0.3, 0.4) is 0 Å². The lowest BCUT2D eigenvalue weighted by Crippen LogP contribution is -1.96. The average Bonchev–Trinajstić information content (AvgIpc) is 2.76. The van der Waals surface area contributed by atoms with E-state index in [1.165, 1.54) is 0 Å². The van der Waals surface area contributed by atoms with Gasteiger partial charge in [0.15, 0.2) is 0 Å². The average molecular weight is 255 g/mol. The van der Waals surface area contributed by atoms with Crippen LogP contribution < -0.4 is 10.5 Å². The molecular weight excluding hydrogens is 242 g/mol. The van der Waals surface area contributed by atoms with Crippen LogP contribution in [0.4, 0.5) is 5.95 Å². The van der Waals surface area contributed by atoms with Gasteiger partial charge in [-0.05, 0) is 25.1 Å². The Kier molecular flexibility index (Phi) is 2.56. The molecule has 0 atom stereocenters. The molecule has 2 N–H and O–H groups in total. The minimum absolute atomic E-state index is 0.242. The molecule has 0 aliphatic carbocycles. The number of aryl methyl sites for hydroxylation is 1. The van der Waals surface area contributed by atoms with Crippen LogP contribution in [0.15, 0.2) is 30.6 Å². The van der Waals surface area contributed by atoms with E-state index in [4.69, 9.17) is 10.5 Å². The molecule has 0 bridgehead atoms. The number of nitrogen functional groups attached to an aromatic ring is 1. The minimum Gasteiger partial charge on any atom is -0.495 e. The van der Waals surface area contributed by atoms with E-state index in [1.54, 1.807) is 19.4 Å². The number of hydrogen-bond donors (Lipinski definition) is 1. The Morgan fingerprint density at radius 1 is 1.21 bits per heavy atom. The van der Waals surface area contributed by atoms with Crippen LogP contribution in [0, 0.1) is 6.92 Å². The maximum Gasteiger partial charge on any atom is 0.220 e. The maximum atomic E-state index is 5.61. The summed E-state index contributed by atoms with van der Waals surface area (Å²) in [5.41, 5.74) is 8.94. The number of methoxy groups -OCH3 is 1. The van der Waals surface area contributed by atoms with E-state index < -0.39 is 0 Å². The van der Waals surface area contributed by atoms with E-state index in [0.717, 1.165) is 22.8 Å². The van der Waals surface area contributed by atoms with Crippen LogP contribution in [-0.2, 0) is 0 Å². The molecule has 3 aromatic heterocycles. The second kappa shape index (κ2) is 4.24. The fourth-order valence-corrected chi connectivity index (χ4v) is 2.01. The van der Waals surface area contributed by atoms with E-state index in [-0.39, 0.29) is 5.95 Å². The van der Waals surface area contributed by atoms with Crippen LogP contribution >= 0.6 is 0 Å². The Bertz CT molecular complexity index is 750. The molecule has 0 fully saturated rings. The predicted octanol–water partition coefficient (Wildman–Crippen LogP) is 1.69. The fraction of sp³-hybridized carbons (Fsp3) is 0.154. The lowest BCUT2D eigenvalue weighted by Gasteiger charge is -2.02. The Hall–Kier alpha value is -2.63. The first-order valence-electron chi connectivity index (χ1n) is 5.80. The van der Waals surface area contributed by atoms with Crippen LogP contribution in [0.5, 0.6) is 5.75 Å². The van der Waals surface area contributed by atoms with Gasteiger partial charge in [0.25, 0.3) is 0 Å². The number of ether oxygens (including phenoxy) is 1. The van der Waals surface area contributed by atoms with Gasteiger partial charge >= 0.3 is 0 Å². The summed E-state index contributed by atoms with van der Waals surface area (Å²) in [4.78, 5) is 12.7. The number of pyridine rings is 1. The summed E-state index contributed by atoms with van der Waals surface area (Å²) >= 11 is 0. The molecule has 3 heterocycles. The molecule has 0 amide bonds. The van der Waals surface area contributed by atoms with Gasteiger partial charge in [0.05, 0.1) is 19.0 Å². The highest BCUT2D eigenvalue weighted by Gasteiger charge is 2.12. The molecule has 6 heteroatoms. The van der Waals surface area contributed by atoms with Crippen molar-refractivity contribution in [3.8, 4) is 17.1 Å². The summed E-state index contributed by atoms with van der Waals surface area (Å²) in [5, 5.41) is 0. The number of aromatic nitrogens is 4. The summed E-state index contributed by atoms with van der Waals surface area (Å²) in [7, 11) is 1.64. The van der Waals surface area contributed by atoms with Crippen LogP contribution in [-0.4, -0.2) is 26.5 Å². The predicted molar refractivity (Wildman–Crippen MR) is 71.9 cm³/mol. The molecule has 0 spiro atoms. The highest BCUT2D eigenvalue weighted by molar-refractivity contribution is 5.63. The second-order valence-corrected chi connectivity index (χ2v) is 4.14. The largest absolute Gasteiger partial charge is 0.495 e. The van der Waals surface area contributed by atoms with Gasteiger partial charge in [0.2, 0.25) is 5.95 Å². The van der Waals surface area contributed by atoms with E-state index in [0.29, 0.717) is 5.69 Å². The third-order valence-corrected chi connectivity index (χ3v) is 2.98. The number of rotatable bonds is 2. The Balaban J connectivity index is 2.22. The van der Waals surface area contributed by atoms with Gasteiger partial charge in [-0.1, -0.05) is 0 Å². The molecule has 0 radical (unpaired) electrons. The van der Waals surface area contributed by atoms with E-state index in [2.05, 4.69) is 15.0 Å². The third kappa shape index (κ3) is 1.87. The smallest absolute Gasteiger partial charge is 0.220 e. The zero-order valence-corrected chi connectivity index (χ0v) is 10.7. The summed E-state index contributed by atoms with van der Waals surface area (Å²) in [6.45, 7) is 1.98. The van der Waals surface area contributed by atoms with E-state index >= 15 is 0 Å².